The van der Waals surface area contributed by atoms with E-state index in [0.717, 1.165) is 30.2 Å². The first-order valence-corrected chi connectivity index (χ1v) is 6.38. The molecule has 2 saturated carbocycles. The predicted octanol–water partition coefficient (Wildman–Crippen LogP) is 2.09. The number of rotatable bonds is 3. The molecule has 1 heterocycles. The smallest absolute Gasteiger partial charge is 0.225 e. The molecule has 17 heavy (non-hydrogen) atoms. The van der Waals surface area contributed by atoms with Crippen LogP contribution in [-0.2, 0) is 11.3 Å². The number of hydrogen-bond donors (Lipinski definition) is 0. The third-order valence-corrected chi connectivity index (χ3v) is 4.14. The van der Waals surface area contributed by atoms with Gasteiger partial charge in [-0.25, -0.2) is 0 Å². The second-order valence-corrected chi connectivity index (χ2v) is 5.47. The van der Waals surface area contributed by atoms with E-state index in [-0.39, 0.29) is 0 Å². The van der Waals surface area contributed by atoms with Crippen LogP contribution in [0.5, 0.6) is 0 Å². The van der Waals surface area contributed by atoms with Crippen LogP contribution in [0.4, 0.5) is 0 Å². The van der Waals surface area contributed by atoms with Crippen molar-refractivity contribution in [2.24, 2.45) is 17.8 Å². The van der Waals surface area contributed by atoms with Gasteiger partial charge in [-0.1, -0.05) is 0 Å². The zero-order valence-electron chi connectivity index (χ0n) is 10.2. The number of nitrogens with zero attached hydrogens (tertiary/aromatic N) is 2. The van der Waals surface area contributed by atoms with Gasteiger partial charge in [0.2, 0.25) is 5.91 Å². The lowest BCUT2D eigenvalue weighted by Gasteiger charge is -2.21. The van der Waals surface area contributed by atoms with Crippen molar-refractivity contribution in [2.75, 3.05) is 7.05 Å². The van der Waals surface area contributed by atoms with Crippen molar-refractivity contribution in [2.45, 2.75) is 25.8 Å². The Morgan fingerprint density at radius 2 is 1.94 bits per heavy atom. The van der Waals surface area contributed by atoms with E-state index in [2.05, 4.69) is 4.98 Å². The first-order valence-electron chi connectivity index (χ1n) is 6.38. The van der Waals surface area contributed by atoms with Gasteiger partial charge >= 0.3 is 0 Å². The van der Waals surface area contributed by atoms with Crippen molar-refractivity contribution in [3.05, 3.63) is 30.1 Å². The first kappa shape index (κ1) is 10.8. The summed E-state index contributed by atoms with van der Waals surface area (Å²) in [6.07, 6.45) is 7.18. The summed E-state index contributed by atoms with van der Waals surface area (Å²) in [6, 6.07) is 3.94. The number of hydrogen-bond acceptors (Lipinski definition) is 2. The highest BCUT2D eigenvalue weighted by molar-refractivity contribution is 5.79. The summed E-state index contributed by atoms with van der Waals surface area (Å²) >= 11 is 0. The lowest BCUT2D eigenvalue weighted by molar-refractivity contribution is -0.134. The number of carbonyl (C=O) groups excluding carboxylic acids is 1. The largest absolute Gasteiger partial charge is 0.341 e. The van der Waals surface area contributed by atoms with Crippen LogP contribution in [0.2, 0.25) is 0 Å². The van der Waals surface area contributed by atoms with Crippen molar-refractivity contribution in [1.29, 1.82) is 0 Å². The summed E-state index contributed by atoms with van der Waals surface area (Å²) < 4.78 is 0. The van der Waals surface area contributed by atoms with Gasteiger partial charge in [0.1, 0.15) is 0 Å². The van der Waals surface area contributed by atoms with E-state index in [1.54, 1.807) is 12.4 Å². The van der Waals surface area contributed by atoms with E-state index in [1.165, 1.54) is 6.42 Å². The van der Waals surface area contributed by atoms with Crippen molar-refractivity contribution in [3.63, 3.8) is 0 Å². The van der Waals surface area contributed by atoms with E-state index in [1.807, 2.05) is 24.1 Å². The molecule has 1 amide bonds. The molecule has 2 aliphatic carbocycles. The van der Waals surface area contributed by atoms with Crippen LogP contribution in [0.25, 0.3) is 0 Å². The highest BCUT2D eigenvalue weighted by Crippen LogP contribution is 2.54. The van der Waals surface area contributed by atoms with Crippen LogP contribution >= 0.6 is 0 Å². The second kappa shape index (κ2) is 4.13. The molecule has 3 heteroatoms. The zero-order valence-corrected chi connectivity index (χ0v) is 10.2. The second-order valence-electron chi connectivity index (χ2n) is 5.47. The van der Waals surface area contributed by atoms with Gasteiger partial charge in [-0.3, -0.25) is 9.78 Å². The number of amides is 1. The fourth-order valence-electron chi connectivity index (χ4n) is 3.07. The minimum atomic E-state index is 0.297. The van der Waals surface area contributed by atoms with Crippen LogP contribution < -0.4 is 0 Å². The molecule has 0 N–H and O–H groups in total. The van der Waals surface area contributed by atoms with E-state index >= 15 is 0 Å². The molecular weight excluding hydrogens is 212 g/mol. The number of pyridine rings is 1. The Hall–Kier alpha value is -1.38. The molecular formula is C14H18N2O. The third-order valence-electron chi connectivity index (χ3n) is 4.14. The molecule has 3 rings (SSSR count). The SMILES string of the molecule is CN(Cc1ccncc1)C(=O)C1CC2CC2C1. The van der Waals surface area contributed by atoms with E-state index in [9.17, 15) is 4.79 Å². The molecule has 2 fully saturated rings. The van der Waals surface area contributed by atoms with Gasteiger partial charge in [0.15, 0.2) is 0 Å². The van der Waals surface area contributed by atoms with Crippen molar-refractivity contribution < 1.29 is 4.79 Å². The lowest BCUT2D eigenvalue weighted by Crippen LogP contribution is -2.31. The van der Waals surface area contributed by atoms with E-state index in [4.69, 9.17) is 0 Å². The van der Waals surface area contributed by atoms with Crippen molar-refractivity contribution >= 4 is 5.91 Å². The van der Waals surface area contributed by atoms with Gasteiger partial charge in [-0.2, -0.15) is 0 Å². The normalized spacial score (nSPS) is 29.8. The maximum Gasteiger partial charge on any atom is 0.225 e. The molecule has 0 aromatic carbocycles. The Kier molecular flexibility index (Phi) is 2.61. The molecule has 2 unspecified atom stereocenters. The fraction of sp³-hybridized carbons (Fsp3) is 0.571. The van der Waals surface area contributed by atoms with Crippen LogP contribution in [-0.4, -0.2) is 22.8 Å². The van der Waals surface area contributed by atoms with Gasteiger partial charge < -0.3 is 4.90 Å². The van der Waals surface area contributed by atoms with Crippen LogP contribution in [0.15, 0.2) is 24.5 Å². The van der Waals surface area contributed by atoms with Crippen LogP contribution in [0.1, 0.15) is 24.8 Å². The number of fused-ring (bicyclic) bond motifs is 1. The van der Waals surface area contributed by atoms with Crippen LogP contribution in [0, 0.1) is 17.8 Å². The monoisotopic (exact) mass is 230 g/mol. The highest BCUT2D eigenvalue weighted by Gasteiger charge is 2.48. The average molecular weight is 230 g/mol. The minimum Gasteiger partial charge on any atom is -0.341 e. The molecule has 0 radical (unpaired) electrons. The number of carbonyl (C=O) groups is 1. The highest BCUT2D eigenvalue weighted by atomic mass is 16.2. The standard InChI is InChI=1S/C14H18N2O/c1-16(9-10-2-4-15-5-3-10)14(17)13-7-11-6-12(11)8-13/h2-5,11-13H,6-9H2,1H3. The predicted molar refractivity (Wildman–Crippen MR) is 65.0 cm³/mol. The zero-order chi connectivity index (χ0) is 11.8. The molecule has 3 nitrogen and oxygen atoms in total. The quantitative estimate of drug-likeness (QED) is 0.796. The lowest BCUT2D eigenvalue weighted by atomic mass is 10.0. The molecule has 0 spiro atoms. The maximum absolute atomic E-state index is 12.2. The first-order chi connectivity index (χ1) is 8.24. The summed E-state index contributed by atoms with van der Waals surface area (Å²) in [4.78, 5) is 18.1. The number of aromatic nitrogens is 1. The van der Waals surface area contributed by atoms with Crippen LogP contribution in [0.3, 0.4) is 0 Å². The molecule has 0 aliphatic heterocycles. The van der Waals surface area contributed by atoms with Gasteiger partial charge in [-0.15, -0.1) is 0 Å². The Bertz CT molecular complexity index is 407. The molecule has 2 atom stereocenters. The van der Waals surface area contributed by atoms with Gasteiger partial charge in [-0.05, 0) is 48.8 Å². The van der Waals surface area contributed by atoms with Gasteiger partial charge in [0.05, 0.1) is 0 Å². The Morgan fingerprint density at radius 1 is 1.29 bits per heavy atom. The molecule has 0 bridgehead atoms. The van der Waals surface area contributed by atoms with Gasteiger partial charge in [0, 0.05) is 31.9 Å². The van der Waals surface area contributed by atoms with Crippen molar-refractivity contribution in [3.8, 4) is 0 Å². The van der Waals surface area contributed by atoms with E-state index < -0.39 is 0 Å². The third kappa shape index (κ3) is 2.19. The summed E-state index contributed by atoms with van der Waals surface area (Å²) in [5.41, 5.74) is 1.15. The summed E-state index contributed by atoms with van der Waals surface area (Å²) in [5.74, 6) is 2.37. The fourth-order valence-corrected chi connectivity index (χ4v) is 3.07. The molecule has 90 valence electrons. The summed E-state index contributed by atoms with van der Waals surface area (Å²) in [6.45, 7) is 0.702. The molecule has 1 aromatic heterocycles. The Labute approximate surface area is 102 Å². The molecule has 2 aliphatic rings. The minimum absolute atomic E-state index is 0.297. The summed E-state index contributed by atoms with van der Waals surface area (Å²) in [7, 11) is 1.91. The Balaban J connectivity index is 1.58. The van der Waals surface area contributed by atoms with Crippen molar-refractivity contribution in [1.82, 2.24) is 9.88 Å². The Morgan fingerprint density at radius 3 is 2.59 bits per heavy atom. The summed E-state index contributed by atoms with van der Waals surface area (Å²) in [5, 5.41) is 0. The molecule has 0 saturated heterocycles. The maximum atomic E-state index is 12.2. The topological polar surface area (TPSA) is 33.2 Å². The van der Waals surface area contributed by atoms with Gasteiger partial charge in [0.25, 0.3) is 0 Å². The van der Waals surface area contributed by atoms with E-state index in [0.29, 0.717) is 18.4 Å². The average Bonchev–Trinajstić information content (AvgIpc) is 2.96. The molecule has 1 aromatic rings.